The van der Waals surface area contributed by atoms with Crippen LogP contribution in [0.4, 0.5) is 10.1 Å². The molecule has 0 aliphatic carbocycles. The molecule has 0 spiro atoms. The molecule has 1 atom stereocenters. The lowest BCUT2D eigenvalue weighted by Crippen LogP contribution is -2.58. The van der Waals surface area contributed by atoms with E-state index in [4.69, 9.17) is 0 Å². The first kappa shape index (κ1) is 21.5. The summed E-state index contributed by atoms with van der Waals surface area (Å²) in [7, 11) is 0. The Morgan fingerprint density at radius 2 is 1.89 bits per heavy atom. The number of hydrogen-bond acceptors (Lipinski definition) is 4. The van der Waals surface area contributed by atoms with E-state index in [1.165, 1.54) is 12.1 Å². The van der Waals surface area contributed by atoms with Crippen LogP contribution >= 0.6 is 0 Å². The number of aliphatic hydroxyl groups excluding tert-OH is 1. The molecule has 2 heterocycles. The first-order valence-corrected chi connectivity index (χ1v) is 11.1. The Labute approximate surface area is 170 Å². The summed E-state index contributed by atoms with van der Waals surface area (Å²) in [4.78, 5) is 7.68. The largest absolute Gasteiger partial charge is 0.396 e. The van der Waals surface area contributed by atoms with E-state index in [2.05, 4.69) is 28.5 Å². The lowest BCUT2D eigenvalue weighted by Gasteiger charge is -2.47. The van der Waals surface area contributed by atoms with Crippen LogP contribution in [0.2, 0.25) is 0 Å². The molecule has 0 amide bonds. The lowest BCUT2D eigenvalue weighted by molar-refractivity contribution is 0.0277. The van der Waals surface area contributed by atoms with E-state index in [-0.39, 0.29) is 12.4 Å². The molecule has 0 unspecified atom stereocenters. The van der Waals surface area contributed by atoms with Crippen molar-refractivity contribution in [1.29, 1.82) is 0 Å². The molecule has 0 radical (unpaired) electrons. The van der Waals surface area contributed by atoms with Crippen LogP contribution in [0.15, 0.2) is 18.2 Å². The van der Waals surface area contributed by atoms with Gasteiger partial charge in [-0.3, -0.25) is 9.80 Å². The van der Waals surface area contributed by atoms with Crippen LogP contribution in [0.25, 0.3) is 0 Å². The second-order valence-electron chi connectivity index (χ2n) is 9.03. The summed E-state index contributed by atoms with van der Waals surface area (Å²) in [5.41, 5.74) is 2.21. The zero-order valence-corrected chi connectivity index (χ0v) is 17.9. The number of rotatable bonds is 7. The maximum Gasteiger partial charge on any atom is 0.123 e. The van der Waals surface area contributed by atoms with Gasteiger partial charge in [0.25, 0.3) is 0 Å². The van der Waals surface area contributed by atoms with E-state index in [0.717, 1.165) is 70.0 Å². The average Bonchev–Trinajstić information content (AvgIpc) is 2.67. The van der Waals surface area contributed by atoms with Crippen LogP contribution in [0, 0.1) is 18.7 Å². The van der Waals surface area contributed by atoms with E-state index >= 15 is 0 Å². The summed E-state index contributed by atoms with van der Waals surface area (Å²) in [5.74, 6) is 0.577. The van der Waals surface area contributed by atoms with Gasteiger partial charge in [0.1, 0.15) is 5.82 Å². The van der Waals surface area contributed by atoms with Crippen molar-refractivity contribution >= 4 is 5.69 Å². The van der Waals surface area contributed by atoms with Crippen molar-refractivity contribution in [2.75, 3.05) is 50.8 Å². The summed E-state index contributed by atoms with van der Waals surface area (Å²) in [5, 5.41) is 9.54. The van der Waals surface area contributed by atoms with Gasteiger partial charge in [-0.25, -0.2) is 4.39 Å². The highest BCUT2D eigenvalue weighted by atomic mass is 19.1. The normalized spacial score (nSPS) is 22.9. The van der Waals surface area contributed by atoms with Crippen molar-refractivity contribution in [2.24, 2.45) is 5.92 Å². The van der Waals surface area contributed by atoms with Gasteiger partial charge in [-0.15, -0.1) is 0 Å². The second kappa shape index (κ2) is 10.0. The molecule has 2 aliphatic rings. The molecule has 0 saturated carbocycles. The topological polar surface area (TPSA) is 30.0 Å². The third-order valence-corrected chi connectivity index (χ3v) is 6.57. The molecule has 158 valence electrons. The molecular formula is C23H38FN3O. The SMILES string of the molecule is Cc1cc(F)ccc1N1CCC(N2CCN(CCC(C)C)[C@H](CCO)C2)CC1. The van der Waals surface area contributed by atoms with Gasteiger partial charge < -0.3 is 10.0 Å². The molecule has 3 rings (SSSR count). The van der Waals surface area contributed by atoms with Crippen molar-refractivity contribution in [2.45, 2.75) is 58.5 Å². The molecule has 4 nitrogen and oxygen atoms in total. The number of benzene rings is 1. The van der Waals surface area contributed by atoms with Crippen LogP contribution in [-0.4, -0.2) is 72.9 Å². The van der Waals surface area contributed by atoms with Crippen molar-refractivity contribution < 1.29 is 9.50 Å². The van der Waals surface area contributed by atoms with Gasteiger partial charge >= 0.3 is 0 Å². The summed E-state index contributed by atoms with van der Waals surface area (Å²) in [6.45, 7) is 13.4. The monoisotopic (exact) mass is 391 g/mol. The predicted molar refractivity (Wildman–Crippen MR) is 114 cm³/mol. The molecule has 2 aliphatic heterocycles. The Morgan fingerprint density at radius 3 is 2.54 bits per heavy atom. The smallest absolute Gasteiger partial charge is 0.123 e. The molecule has 1 aromatic rings. The molecule has 2 saturated heterocycles. The van der Waals surface area contributed by atoms with Crippen LogP contribution in [0.5, 0.6) is 0 Å². The van der Waals surface area contributed by atoms with Crippen molar-refractivity contribution in [3.8, 4) is 0 Å². The molecule has 0 aromatic heterocycles. The minimum Gasteiger partial charge on any atom is -0.396 e. The van der Waals surface area contributed by atoms with Crippen LogP contribution in [-0.2, 0) is 0 Å². The number of nitrogens with zero attached hydrogens (tertiary/aromatic N) is 3. The van der Waals surface area contributed by atoms with Gasteiger partial charge in [0.05, 0.1) is 0 Å². The fraction of sp³-hybridized carbons (Fsp3) is 0.739. The van der Waals surface area contributed by atoms with Crippen LogP contribution < -0.4 is 4.90 Å². The molecule has 5 heteroatoms. The number of anilines is 1. The maximum atomic E-state index is 13.4. The van der Waals surface area contributed by atoms with Crippen LogP contribution in [0.1, 0.15) is 45.1 Å². The standard InChI is InChI=1S/C23H38FN3O/c1-18(2)6-10-25-13-14-27(17-22(25)9-15-28)21-7-11-26(12-8-21)23-5-4-20(24)16-19(23)3/h4-5,16,18,21-22,28H,6-15,17H2,1-3H3/t22-/m1/s1. The van der Waals surface area contributed by atoms with Gasteiger partial charge in [-0.05, 0) is 68.8 Å². The highest BCUT2D eigenvalue weighted by molar-refractivity contribution is 5.53. The number of piperazine rings is 1. The Kier molecular flexibility index (Phi) is 7.72. The number of piperidine rings is 1. The summed E-state index contributed by atoms with van der Waals surface area (Å²) < 4.78 is 13.4. The third kappa shape index (κ3) is 5.46. The van der Waals surface area contributed by atoms with Gasteiger partial charge in [0, 0.05) is 57.1 Å². The van der Waals surface area contributed by atoms with Crippen molar-refractivity contribution in [3.05, 3.63) is 29.6 Å². The molecule has 2 fully saturated rings. The summed E-state index contributed by atoms with van der Waals surface area (Å²) in [6.07, 6.45) is 4.43. The molecule has 28 heavy (non-hydrogen) atoms. The van der Waals surface area contributed by atoms with Gasteiger partial charge in [-0.2, -0.15) is 0 Å². The highest BCUT2D eigenvalue weighted by Crippen LogP contribution is 2.27. The number of halogens is 1. The number of aliphatic hydroxyl groups is 1. The Morgan fingerprint density at radius 1 is 1.14 bits per heavy atom. The minimum atomic E-state index is -0.151. The minimum absolute atomic E-state index is 0.151. The van der Waals surface area contributed by atoms with Crippen molar-refractivity contribution in [1.82, 2.24) is 9.80 Å². The first-order chi connectivity index (χ1) is 13.5. The Balaban J connectivity index is 1.54. The number of hydrogen-bond donors (Lipinski definition) is 1. The van der Waals surface area contributed by atoms with Gasteiger partial charge in [0.2, 0.25) is 0 Å². The predicted octanol–water partition coefficient (Wildman–Crippen LogP) is 3.52. The zero-order valence-electron chi connectivity index (χ0n) is 17.9. The summed E-state index contributed by atoms with van der Waals surface area (Å²) >= 11 is 0. The quantitative estimate of drug-likeness (QED) is 0.770. The van der Waals surface area contributed by atoms with Gasteiger partial charge in [-0.1, -0.05) is 13.8 Å². The van der Waals surface area contributed by atoms with Crippen LogP contribution in [0.3, 0.4) is 0 Å². The highest BCUT2D eigenvalue weighted by Gasteiger charge is 2.32. The fourth-order valence-electron chi connectivity index (χ4n) is 4.84. The van der Waals surface area contributed by atoms with E-state index in [1.807, 2.05) is 13.0 Å². The van der Waals surface area contributed by atoms with E-state index in [9.17, 15) is 9.50 Å². The molecule has 0 bridgehead atoms. The van der Waals surface area contributed by atoms with E-state index in [1.54, 1.807) is 12.1 Å². The maximum absolute atomic E-state index is 13.4. The third-order valence-electron chi connectivity index (χ3n) is 6.57. The molecule has 1 N–H and O–H groups in total. The van der Waals surface area contributed by atoms with Gasteiger partial charge in [0.15, 0.2) is 0 Å². The average molecular weight is 392 g/mol. The second-order valence-corrected chi connectivity index (χ2v) is 9.03. The van der Waals surface area contributed by atoms with Crippen molar-refractivity contribution in [3.63, 3.8) is 0 Å². The lowest BCUT2D eigenvalue weighted by atomic mass is 9.98. The van der Waals surface area contributed by atoms with E-state index in [0.29, 0.717) is 12.1 Å². The first-order valence-electron chi connectivity index (χ1n) is 11.1. The Bertz CT molecular complexity index is 616. The number of aryl methyl sites for hydroxylation is 1. The van der Waals surface area contributed by atoms with E-state index < -0.39 is 0 Å². The summed E-state index contributed by atoms with van der Waals surface area (Å²) in [6, 6.07) is 6.25. The fourth-order valence-corrected chi connectivity index (χ4v) is 4.84. The molecular weight excluding hydrogens is 353 g/mol. The molecule has 1 aromatic carbocycles. The zero-order chi connectivity index (χ0) is 20.1. The Hall–Kier alpha value is -1.17.